The van der Waals surface area contributed by atoms with E-state index in [2.05, 4.69) is 17.2 Å². The molecule has 0 aliphatic heterocycles. The number of aromatic nitrogens is 1. The van der Waals surface area contributed by atoms with Crippen LogP contribution >= 0.6 is 0 Å². The average Bonchev–Trinajstić information content (AvgIpc) is 2.47. The van der Waals surface area contributed by atoms with Crippen LogP contribution in [0.15, 0.2) is 6.20 Å². The zero-order chi connectivity index (χ0) is 16.6. The topological polar surface area (TPSA) is 24.9 Å². The maximum absolute atomic E-state index is 15.2. The van der Waals surface area contributed by atoms with Crippen molar-refractivity contribution < 1.29 is 8.78 Å². The molecule has 0 aromatic carbocycles. The molecule has 1 aromatic heterocycles. The Hall–Kier alpha value is -1.19. The molecule has 5 aliphatic carbocycles. The van der Waals surface area contributed by atoms with E-state index < -0.39 is 16.9 Å². The number of hydrogen-bond donors (Lipinski definition) is 1. The molecule has 5 aliphatic rings. The van der Waals surface area contributed by atoms with Crippen LogP contribution < -0.4 is 5.32 Å². The molecule has 6 rings (SSSR count). The van der Waals surface area contributed by atoms with Crippen molar-refractivity contribution in [2.24, 2.45) is 5.92 Å². The van der Waals surface area contributed by atoms with Crippen molar-refractivity contribution in [2.45, 2.75) is 88.0 Å². The molecule has 1 heterocycles. The van der Waals surface area contributed by atoms with Gasteiger partial charge in [-0.15, -0.1) is 0 Å². The van der Waals surface area contributed by atoms with Gasteiger partial charge >= 0.3 is 0 Å². The Labute approximate surface area is 142 Å². The first-order valence-corrected chi connectivity index (χ1v) is 9.51. The van der Waals surface area contributed by atoms with Crippen LogP contribution in [0.4, 0.5) is 14.5 Å². The smallest absolute Gasteiger partial charge is 0.116 e. The summed E-state index contributed by atoms with van der Waals surface area (Å²) in [6.45, 7) is 2.08. The van der Waals surface area contributed by atoms with Gasteiger partial charge in [-0.05, 0) is 68.9 Å². The summed E-state index contributed by atoms with van der Waals surface area (Å²) in [5, 5.41) is 3.65. The SMILES string of the molecule is Cc1ncc(NC23CC4CC(F)(CC(F)(C4)C2)C3)c2c1CCCC2. The Morgan fingerprint density at radius 1 is 1.00 bits per heavy atom. The van der Waals surface area contributed by atoms with Gasteiger partial charge in [0.1, 0.15) is 11.3 Å². The summed E-state index contributed by atoms with van der Waals surface area (Å²) in [6, 6.07) is 0. The van der Waals surface area contributed by atoms with E-state index >= 15 is 8.78 Å². The first-order valence-electron chi connectivity index (χ1n) is 9.51. The largest absolute Gasteiger partial charge is 0.378 e. The van der Waals surface area contributed by atoms with Crippen LogP contribution in [0.3, 0.4) is 0 Å². The number of nitrogens with zero attached hydrogens (tertiary/aromatic N) is 1. The van der Waals surface area contributed by atoms with Crippen molar-refractivity contribution in [2.75, 3.05) is 5.32 Å². The number of hydrogen-bond acceptors (Lipinski definition) is 2. The van der Waals surface area contributed by atoms with Gasteiger partial charge in [0.15, 0.2) is 0 Å². The fraction of sp³-hybridized carbons (Fsp3) is 0.750. The maximum atomic E-state index is 15.2. The molecule has 130 valence electrons. The average molecular weight is 332 g/mol. The third kappa shape index (κ3) is 2.21. The van der Waals surface area contributed by atoms with Crippen molar-refractivity contribution in [3.63, 3.8) is 0 Å². The maximum Gasteiger partial charge on any atom is 0.116 e. The molecule has 4 saturated carbocycles. The normalized spacial score (nSPS) is 42.9. The van der Waals surface area contributed by atoms with Crippen LogP contribution in [0.2, 0.25) is 0 Å². The number of fused-ring (bicyclic) bond motifs is 1. The van der Waals surface area contributed by atoms with Crippen molar-refractivity contribution in [1.29, 1.82) is 0 Å². The summed E-state index contributed by atoms with van der Waals surface area (Å²) >= 11 is 0. The second kappa shape index (κ2) is 4.70. The van der Waals surface area contributed by atoms with Gasteiger partial charge in [0.2, 0.25) is 0 Å². The van der Waals surface area contributed by atoms with Crippen LogP contribution in [0.25, 0.3) is 0 Å². The van der Waals surface area contributed by atoms with E-state index in [0.29, 0.717) is 25.7 Å². The lowest BCUT2D eigenvalue weighted by Gasteiger charge is -2.61. The summed E-state index contributed by atoms with van der Waals surface area (Å²) in [5.41, 5.74) is 1.85. The highest BCUT2D eigenvalue weighted by molar-refractivity contribution is 5.57. The van der Waals surface area contributed by atoms with Crippen LogP contribution in [0.5, 0.6) is 0 Å². The number of anilines is 1. The van der Waals surface area contributed by atoms with Gasteiger partial charge in [0.05, 0.1) is 11.9 Å². The second-order valence-corrected chi connectivity index (χ2v) is 9.14. The van der Waals surface area contributed by atoms with E-state index in [1.54, 1.807) is 0 Å². The number of halogens is 2. The molecule has 2 nitrogen and oxygen atoms in total. The zero-order valence-corrected chi connectivity index (χ0v) is 14.4. The summed E-state index contributed by atoms with van der Waals surface area (Å²) in [4.78, 5) is 4.58. The molecule has 0 amide bonds. The van der Waals surface area contributed by atoms with Gasteiger partial charge in [-0.3, -0.25) is 4.98 Å². The molecule has 0 radical (unpaired) electrons. The summed E-state index contributed by atoms with van der Waals surface area (Å²) in [5.74, 6) is 0.193. The highest BCUT2D eigenvalue weighted by Crippen LogP contribution is 2.62. The summed E-state index contributed by atoms with van der Waals surface area (Å²) < 4.78 is 30.4. The monoisotopic (exact) mass is 332 g/mol. The van der Waals surface area contributed by atoms with Crippen LogP contribution in [-0.2, 0) is 12.8 Å². The van der Waals surface area contributed by atoms with Gasteiger partial charge in [-0.1, -0.05) is 0 Å². The molecule has 4 bridgehead atoms. The number of aryl methyl sites for hydroxylation is 1. The number of nitrogens with one attached hydrogen (secondary N) is 1. The van der Waals surface area contributed by atoms with Crippen molar-refractivity contribution in [3.8, 4) is 0 Å². The molecule has 24 heavy (non-hydrogen) atoms. The molecule has 0 saturated heterocycles. The second-order valence-electron chi connectivity index (χ2n) is 9.14. The molecule has 2 atom stereocenters. The molecule has 0 spiro atoms. The van der Waals surface area contributed by atoms with Gasteiger partial charge < -0.3 is 5.32 Å². The molecule has 2 unspecified atom stereocenters. The van der Waals surface area contributed by atoms with E-state index in [1.165, 1.54) is 24.0 Å². The number of alkyl halides is 2. The Morgan fingerprint density at radius 3 is 2.33 bits per heavy atom. The molecule has 1 aromatic rings. The van der Waals surface area contributed by atoms with Crippen molar-refractivity contribution in [1.82, 2.24) is 4.98 Å². The van der Waals surface area contributed by atoms with E-state index in [0.717, 1.165) is 30.6 Å². The molecular weight excluding hydrogens is 306 g/mol. The van der Waals surface area contributed by atoms with Gasteiger partial charge in [0.25, 0.3) is 0 Å². The highest BCUT2D eigenvalue weighted by atomic mass is 19.2. The van der Waals surface area contributed by atoms with E-state index in [-0.39, 0.29) is 12.3 Å². The van der Waals surface area contributed by atoms with E-state index in [9.17, 15) is 0 Å². The number of pyridine rings is 1. The lowest BCUT2D eigenvalue weighted by Crippen LogP contribution is -2.65. The van der Waals surface area contributed by atoms with Crippen LogP contribution in [0.1, 0.15) is 68.2 Å². The first-order chi connectivity index (χ1) is 11.4. The van der Waals surface area contributed by atoms with Crippen molar-refractivity contribution >= 4 is 5.69 Å². The Balaban J connectivity index is 1.52. The van der Waals surface area contributed by atoms with E-state index in [4.69, 9.17) is 0 Å². The zero-order valence-electron chi connectivity index (χ0n) is 14.4. The summed E-state index contributed by atoms with van der Waals surface area (Å²) in [7, 11) is 0. The Kier molecular flexibility index (Phi) is 2.96. The third-order valence-electron chi connectivity index (χ3n) is 6.95. The molecular formula is C20H26F2N2. The lowest BCUT2D eigenvalue weighted by molar-refractivity contribution is -0.137. The summed E-state index contributed by atoms with van der Waals surface area (Å²) in [6.07, 6.45) is 9.54. The minimum atomic E-state index is -1.31. The minimum absolute atomic E-state index is 0.115. The quantitative estimate of drug-likeness (QED) is 0.839. The molecule has 4 heteroatoms. The van der Waals surface area contributed by atoms with Crippen molar-refractivity contribution in [3.05, 3.63) is 23.0 Å². The fourth-order valence-corrected chi connectivity index (χ4v) is 6.66. The predicted molar refractivity (Wildman–Crippen MR) is 90.8 cm³/mol. The Bertz CT molecular complexity index is 683. The fourth-order valence-electron chi connectivity index (χ4n) is 6.66. The molecule has 4 fully saturated rings. The molecule has 1 N–H and O–H groups in total. The standard InChI is InChI=1S/C20H26F2N2/c1-13-15-4-2-3-5-16(15)17(9-23-13)24-20-8-14-6-18(21,11-20)10-19(22,7-14)12-20/h9,14,24H,2-8,10-12H2,1H3. The predicted octanol–water partition coefficient (Wildman–Crippen LogP) is 4.83. The highest BCUT2D eigenvalue weighted by Gasteiger charge is 2.64. The van der Waals surface area contributed by atoms with Crippen LogP contribution in [-0.4, -0.2) is 21.9 Å². The Morgan fingerprint density at radius 2 is 1.67 bits per heavy atom. The van der Waals surface area contributed by atoms with Crippen LogP contribution in [0, 0.1) is 12.8 Å². The van der Waals surface area contributed by atoms with Gasteiger partial charge in [-0.2, -0.15) is 0 Å². The van der Waals surface area contributed by atoms with Gasteiger partial charge in [0, 0.05) is 30.5 Å². The minimum Gasteiger partial charge on any atom is -0.378 e. The lowest BCUT2D eigenvalue weighted by atomic mass is 9.50. The van der Waals surface area contributed by atoms with E-state index in [1.807, 2.05) is 6.20 Å². The first kappa shape index (κ1) is 15.1. The number of rotatable bonds is 2. The third-order valence-corrected chi connectivity index (χ3v) is 6.95. The van der Waals surface area contributed by atoms with Gasteiger partial charge in [-0.25, -0.2) is 8.78 Å².